The van der Waals surface area contributed by atoms with Crippen molar-refractivity contribution in [3.8, 4) is 5.75 Å². The summed E-state index contributed by atoms with van der Waals surface area (Å²) in [6.07, 6.45) is 0. The molecule has 0 radical (unpaired) electrons. The fourth-order valence-corrected chi connectivity index (χ4v) is 3.52. The Morgan fingerprint density at radius 1 is 1.17 bits per heavy atom. The Labute approximate surface area is 142 Å². The van der Waals surface area contributed by atoms with Gasteiger partial charge in [0.25, 0.3) is 0 Å². The predicted octanol–water partition coefficient (Wildman–Crippen LogP) is 3.43. The molecule has 2 aromatic rings. The van der Waals surface area contributed by atoms with Crippen LogP contribution in [-0.4, -0.2) is 22.9 Å². The van der Waals surface area contributed by atoms with Crippen LogP contribution in [-0.2, 0) is 14.3 Å². The molecular weight excluding hydrogens is 360 g/mol. The zero-order valence-electron chi connectivity index (χ0n) is 12.5. The summed E-state index contributed by atoms with van der Waals surface area (Å²) in [5, 5.41) is 0. The molecule has 0 N–H and O–H groups in total. The van der Waals surface area contributed by atoms with E-state index >= 15 is 0 Å². The number of carbonyl (C=O) groups is 2. The van der Waals surface area contributed by atoms with E-state index in [1.165, 1.54) is 0 Å². The standard InChI is InChI=1S/C18H15BrO4/c1-2-22-16(20)18(19)15(12-8-4-3-5-9-12)13-10-6-7-11-14(13)23-17(18)21/h3-11,15H,2H2,1H3/t15-,18-/m0/s1. The van der Waals surface area contributed by atoms with Crippen LogP contribution in [0.25, 0.3) is 0 Å². The van der Waals surface area contributed by atoms with Crippen molar-refractivity contribution in [2.45, 2.75) is 17.2 Å². The number of benzene rings is 2. The molecule has 0 fully saturated rings. The Morgan fingerprint density at radius 3 is 2.52 bits per heavy atom. The van der Waals surface area contributed by atoms with Gasteiger partial charge < -0.3 is 9.47 Å². The molecule has 0 aromatic heterocycles. The monoisotopic (exact) mass is 374 g/mol. The van der Waals surface area contributed by atoms with Crippen molar-refractivity contribution in [3.05, 3.63) is 65.7 Å². The number of para-hydroxylation sites is 1. The van der Waals surface area contributed by atoms with Crippen LogP contribution >= 0.6 is 15.9 Å². The SMILES string of the molecule is CCOC(=O)[C@]1(Br)C(=O)Oc2ccccc2[C@@H]1c1ccccc1. The fourth-order valence-electron chi connectivity index (χ4n) is 2.81. The zero-order valence-corrected chi connectivity index (χ0v) is 14.1. The molecule has 0 aliphatic carbocycles. The quantitative estimate of drug-likeness (QED) is 0.357. The second-order valence-corrected chi connectivity index (χ2v) is 6.45. The molecule has 1 aliphatic rings. The lowest BCUT2D eigenvalue weighted by Crippen LogP contribution is -2.52. The summed E-state index contributed by atoms with van der Waals surface area (Å²) in [5.41, 5.74) is 1.60. The highest BCUT2D eigenvalue weighted by Gasteiger charge is 2.57. The normalized spacial score (nSPS) is 22.9. The van der Waals surface area contributed by atoms with E-state index in [4.69, 9.17) is 9.47 Å². The summed E-state index contributed by atoms with van der Waals surface area (Å²) in [5.74, 6) is -1.37. The number of ether oxygens (including phenoxy) is 2. The first kappa shape index (κ1) is 15.7. The Morgan fingerprint density at radius 2 is 1.83 bits per heavy atom. The van der Waals surface area contributed by atoms with E-state index in [0.29, 0.717) is 5.75 Å². The molecule has 5 heteroatoms. The van der Waals surface area contributed by atoms with Gasteiger partial charge in [0.1, 0.15) is 5.75 Å². The van der Waals surface area contributed by atoms with Crippen LogP contribution in [0.4, 0.5) is 0 Å². The van der Waals surface area contributed by atoms with Crippen LogP contribution in [0, 0.1) is 0 Å². The second kappa shape index (κ2) is 6.16. The molecule has 2 atom stereocenters. The molecule has 0 amide bonds. The van der Waals surface area contributed by atoms with Gasteiger partial charge in [-0.3, -0.25) is 0 Å². The average molecular weight is 375 g/mol. The molecular formula is C18H15BrO4. The largest absolute Gasteiger partial charge is 0.464 e. The first-order valence-corrected chi connectivity index (χ1v) is 8.10. The van der Waals surface area contributed by atoms with Crippen LogP contribution < -0.4 is 4.74 Å². The van der Waals surface area contributed by atoms with Crippen LogP contribution in [0.3, 0.4) is 0 Å². The highest BCUT2D eigenvalue weighted by molar-refractivity contribution is 9.10. The third kappa shape index (κ3) is 2.55. The third-order valence-electron chi connectivity index (χ3n) is 3.83. The van der Waals surface area contributed by atoms with Crippen molar-refractivity contribution in [1.29, 1.82) is 0 Å². The van der Waals surface area contributed by atoms with Crippen molar-refractivity contribution >= 4 is 27.9 Å². The van der Waals surface area contributed by atoms with Crippen LogP contribution in [0.1, 0.15) is 24.0 Å². The second-order valence-electron chi connectivity index (χ2n) is 5.20. The Balaban J connectivity index is 2.22. The summed E-state index contributed by atoms with van der Waals surface area (Å²) in [6.45, 7) is 1.89. The summed E-state index contributed by atoms with van der Waals surface area (Å²) in [7, 11) is 0. The molecule has 1 aliphatic heterocycles. The van der Waals surface area contributed by atoms with Gasteiger partial charge in [-0.15, -0.1) is 0 Å². The van der Waals surface area contributed by atoms with Gasteiger partial charge in [-0.2, -0.15) is 0 Å². The number of hydrogen-bond donors (Lipinski definition) is 0. The minimum Gasteiger partial charge on any atom is -0.464 e. The molecule has 1 heterocycles. The highest BCUT2D eigenvalue weighted by Crippen LogP contribution is 2.49. The predicted molar refractivity (Wildman–Crippen MR) is 88.7 cm³/mol. The molecule has 0 unspecified atom stereocenters. The lowest BCUT2D eigenvalue weighted by molar-refractivity contribution is -0.155. The molecule has 23 heavy (non-hydrogen) atoms. The number of alkyl halides is 1. The van der Waals surface area contributed by atoms with Crippen molar-refractivity contribution in [2.24, 2.45) is 0 Å². The molecule has 3 rings (SSSR count). The number of carbonyl (C=O) groups excluding carboxylic acids is 2. The molecule has 0 bridgehead atoms. The van der Waals surface area contributed by atoms with Crippen molar-refractivity contribution in [2.75, 3.05) is 6.61 Å². The number of halogens is 1. The topological polar surface area (TPSA) is 52.6 Å². The van der Waals surface area contributed by atoms with E-state index in [1.54, 1.807) is 19.1 Å². The number of esters is 2. The van der Waals surface area contributed by atoms with E-state index in [9.17, 15) is 9.59 Å². The van der Waals surface area contributed by atoms with Crippen molar-refractivity contribution in [1.82, 2.24) is 0 Å². The van der Waals surface area contributed by atoms with E-state index in [0.717, 1.165) is 11.1 Å². The molecule has 0 spiro atoms. The highest BCUT2D eigenvalue weighted by atomic mass is 79.9. The minimum absolute atomic E-state index is 0.183. The van der Waals surface area contributed by atoms with E-state index in [-0.39, 0.29) is 6.61 Å². The van der Waals surface area contributed by atoms with Gasteiger partial charge in [0.2, 0.25) is 4.32 Å². The van der Waals surface area contributed by atoms with Gasteiger partial charge >= 0.3 is 11.9 Å². The fraction of sp³-hybridized carbons (Fsp3) is 0.222. The van der Waals surface area contributed by atoms with Crippen LogP contribution in [0.2, 0.25) is 0 Å². The Kier molecular flexibility index (Phi) is 4.22. The lowest BCUT2D eigenvalue weighted by Gasteiger charge is -2.36. The average Bonchev–Trinajstić information content (AvgIpc) is 2.57. The lowest BCUT2D eigenvalue weighted by atomic mass is 9.78. The van der Waals surface area contributed by atoms with Gasteiger partial charge in [0.15, 0.2) is 0 Å². The maximum absolute atomic E-state index is 12.6. The maximum Gasteiger partial charge on any atom is 0.340 e. The number of rotatable bonds is 3. The maximum atomic E-state index is 12.6. The minimum atomic E-state index is -1.60. The van der Waals surface area contributed by atoms with Gasteiger partial charge in [-0.05, 0) is 18.6 Å². The molecule has 2 aromatic carbocycles. The van der Waals surface area contributed by atoms with Gasteiger partial charge in [0.05, 0.1) is 6.61 Å². The summed E-state index contributed by atoms with van der Waals surface area (Å²) < 4.78 is 8.92. The van der Waals surface area contributed by atoms with Crippen LogP contribution in [0.5, 0.6) is 5.75 Å². The Bertz CT molecular complexity index is 744. The zero-order chi connectivity index (χ0) is 16.4. The van der Waals surface area contributed by atoms with Gasteiger partial charge in [0, 0.05) is 11.5 Å². The van der Waals surface area contributed by atoms with E-state index < -0.39 is 22.2 Å². The van der Waals surface area contributed by atoms with Crippen molar-refractivity contribution < 1.29 is 19.1 Å². The molecule has 118 valence electrons. The number of fused-ring (bicyclic) bond motifs is 1. The summed E-state index contributed by atoms with van der Waals surface area (Å²) >= 11 is 3.35. The summed E-state index contributed by atoms with van der Waals surface area (Å²) in [4.78, 5) is 25.2. The van der Waals surface area contributed by atoms with E-state index in [1.807, 2.05) is 42.5 Å². The molecule has 4 nitrogen and oxygen atoms in total. The first-order valence-electron chi connectivity index (χ1n) is 7.31. The molecule has 0 saturated carbocycles. The summed E-state index contributed by atoms with van der Waals surface area (Å²) in [6, 6.07) is 16.6. The molecule has 0 saturated heterocycles. The smallest absolute Gasteiger partial charge is 0.340 e. The van der Waals surface area contributed by atoms with Gasteiger partial charge in [-0.25, -0.2) is 9.59 Å². The first-order chi connectivity index (χ1) is 11.1. The number of hydrogen-bond acceptors (Lipinski definition) is 4. The van der Waals surface area contributed by atoms with Gasteiger partial charge in [-0.1, -0.05) is 64.5 Å². The van der Waals surface area contributed by atoms with Crippen molar-refractivity contribution in [3.63, 3.8) is 0 Å². The third-order valence-corrected chi connectivity index (χ3v) is 4.94. The van der Waals surface area contributed by atoms with Crippen LogP contribution in [0.15, 0.2) is 54.6 Å². The Hall–Kier alpha value is -2.14. The van der Waals surface area contributed by atoms with E-state index in [2.05, 4.69) is 15.9 Å².